The number of hydrogen-bond donors (Lipinski definition) is 2. The van der Waals surface area contributed by atoms with Crippen LogP contribution in [0.1, 0.15) is 24.8 Å². The Bertz CT molecular complexity index is 663. The van der Waals surface area contributed by atoms with Crippen LogP contribution < -0.4 is 10.6 Å². The summed E-state index contributed by atoms with van der Waals surface area (Å²) >= 11 is 0. The molecule has 1 amide bonds. The van der Waals surface area contributed by atoms with Crippen molar-refractivity contribution in [2.45, 2.75) is 37.4 Å². The highest BCUT2D eigenvalue weighted by atomic mass is 35.5. The van der Waals surface area contributed by atoms with E-state index in [9.17, 15) is 4.79 Å². The van der Waals surface area contributed by atoms with E-state index < -0.39 is 0 Å². The van der Waals surface area contributed by atoms with Crippen molar-refractivity contribution in [3.63, 3.8) is 0 Å². The molecular formula is C17H20ClN5O. The third-order valence-electron chi connectivity index (χ3n) is 4.50. The van der Waals surface area contributed by atoms with Gasteiger partial charge < -0.3 is 15.5 Å². The van der Waals surface area contributed by atoms with Gasteiger partial charge in [-0.1, -0.05) is 0 Å². The monoisotopic (exact) mass is 345 g/mol. The molecule has 2 fully saturated rings. The highest BCUT2D eigenvalue weighted by Gasteiger charge is 2.36. The van der Waals surface area contributed by atoms with E-state index in [4.69, 9.17) is 10.5 Å². The average molecular weight is 346 g/mol. The Kier molecular flexibility index (Phi) is 6.03. The van der Waals surface area contributed by atoms with Crippen LogP contribution in [0.3, 0.4) is 0 Å². The fourth-order valence-electron chi connectivity index (χ4n) is 3.28. The number of carbonyl (C=O) groups is 1. The number of benzene rings is 1. The molecule has 2 aliphatic heterocycles. The lowest BCUT2D eigenvalue weighted by Crippen LogP contribution is -2.45. The van der Waals surface area contributed by atoms with Crippen LogP contribution in [0.5, 0.6) is 0 Å². The Morgan fingerprint density at radius 2 is 2.04 bits per heavy atom. The lowest BCUT2D eigenvalue weighted by atomic mass is 10.1. The van der Waals surface area contributed by atoms with Crippen molar-refractivity contribution in [3.8, 4) is 12.1 Å². The van der Waals surface area contributed by atoms with Crippen LogP contribution in [-0.2, 0) is 4.79 Å². The van der Waals surface area contributed by atoms with Crippen LogP contribution in [0.25, 0.3) is 0 Å². The van der Waals surface area contributed by atoms with Crippen molar-refractivity contribution >= 4 is 24.0 Å². The van der Waals surface area contributed by atoms with Crippen LogP contribution in [-0.4, -0.2) is 42.0 Å². The molecule has 2 N–H and O–H groups in total. The summed E-state index contributed by atoms with van der Waals surface area (Å²) in [5.74, 6) is 0.0400. The van der Waals surface area contributed by atoms with Crippen molar-refractivity contribution in [3.05, 3.63) is 29.8 Å². The Morgan fingerprint density at radius 3 is 2.71 bits per heavy atom. The molecule has 0 bridgehead atoms. The Balaban J connectivity index is 0.00000208. The summed E-state index contributed by atoms with van der Waals surface area (Å²) in [7, 11) is 0. The van der Waals surface area contributed by atoms with Gasteiger partial charge in [0.25, 0.3) is 0 Å². The number of carbonyl (C=O) groups excluding carboxylic acids is 1. The first-order chi connectivity index (χ1) is 11.2. The fraction of sp³-hybridized carbons (Fsp3) is 0.471. The summed E-state index contributed by atoms with van der Waals surface area (Å²) in [6.07, 6.45) is 2.39. The smallest absolute Gasteiger partial charge is 0.240 e. The van der Waals surface area contributed by atoms with Crippen molar-refractivity contribution in [1.29, 1.82) is 10.5 Å². The van der Waals surface area contributed by atoms with Gasteiger partial charge in [0.05, 0.1) is 23.7 Å². The second-order valence-electron chi connectivity index (χ2n) is 6.05. The number of likely N-dealkylation sites (tertiary alicyclic amines) is 1. The van der Waals surface area contributed by atoms with Gasteiger partial charge in [-0.2, -0.15) is 10.5 Å². The lowest BCUT2D eigenvalue weighted by Gasteiger charge is -2.23. The van der Waals surface area contributed by atoms with E-state index in [0.717, 1.165) is 18.5 Å². The lowest BCUT2D eigenvalue weighted by molar-refractivity contribution is -0.133. The summed E-state index contributed by atoms with van der Waals surface area (Å²) < 4.78 is 0. The van der Waals surface area contributed by atoms with E-state index in [2.05, 4.69) is 22.8 Å². The number of halogens is 1. The van der Waals surface area contributed by atoms with E-state index in [1.54, 1.807) is 17.0 Å². The first-order valence-electron chi connectivity index (χ1n) is 7.91. The number of hydrogen-bond acceptors (Lipinski definition) is 5. The largest absolute Gasteiger partial charge is 0.381 e. The highest BCUT2D eigenvalue weighted by Crippen LogP contribution is 2.21. The molecule has 7 heteroatoms. The predicted molar refractivity (Wildman–Crippen MR) is 92.6 cm³/mol. The Morgan fingerprint density at radius 1 is 1.29 bits per heavy atom. The van der Waals surface area contributed by atoms with Gasteiger partial charge in [-0.25, -0.2) is 0 Å². The minimum Gasteiger partial charge on any atom is -0.381 e. The van der Waals surface area contributed by atoms with Crippen LogP contribution in [0.4, 0.5) is 5.69 Å². The molecule has 0 aliphatic carbocycles. The third-order valence-corrected chi connectivity index (χ3v) is 4.50. The maximum Gasteiger partial charge on any atom is 0.240 e. The van der Waals surface area contributed by atoms with Gasteiger partial charge in [0.2, 0.25) is 5.91 Å². The molecule has 3 atom stereocenters. The standard InChI is InChI=1S/C17H19N5O.ClH/c18-9-12-3-5-13(6-4-12)21-14-8-16(20-11-14)17(23)22-7-1-2-15(22)10-19;/h3-6,14-16,20-21H,1-2,7-8,11H2;1H/t14-,15?,16-;/m0./s1. The molecule has 2 aliphatic rings. The van der Waals surface area contributed by atoms with Crippen molar-refractivity contribution in [2.24, 2.45) is 0 Å². The first-order valence-corrected chi connectivity index (χ1v) is 7.91. The molecule has 1 aromatic rings. The second-order valence-corrected chi connectivity index (χ2v) is 6.05. The molecule has 126 valence electrons. The zero-order valence-electron chi connectivity index (χ0n) is 13.2. The average Bonchev–Trinajstić information content (AvgIpc) is 3.24. The maximum atomic E-state index is 12.5. The maximum absolute atomic E-state index is 12.5. The molecule has 6 nitrogen and oxygen atoms in total. The molecule has 2 heterocycles. The normalized spacial score (nSPS) is 25.4. The van der Waals surface area contributed by atoms with E-state index in [-0.39, 0.29) is 36.4 Å². The van der Waals surface area contributed by atoms with Gasteiger partial charge in [-0.3, -0.25) is 4.79 Å². The number of anilines is 1. The predicted octanol–water partition coefficient (Wildman–Crippen LogP) is 1.64. The summed E-state index contributed by atoms with van der Waals surface area (Å²) in [6, 6.07) is 11.3. The Labute approximate surface area is 147 Å². The summed E-state index contributed by atoms with van der Waals surface area (Å²) in [4.78, 5) is 14.3. The van der Waals surface area contributed by atoms with E-state index in [1.165, 1.54) is 0 Å². The van der Waals surface area contributed by atoms with Gasteiger partial charge in [0.1, 0.15) is 6.04 Å². The van der Waals surface area contributed by atoms with Gasteiger partial charge in [0.15, 0.2) is 0 Å². The summed E-state index contributed by atoms with van der Waals surface area (Å²) in [5, 5.41) is 24.6. The first kappa shape index (κ1) is 18.1. The van der Waals surface area contributed by atoms with Gasteiger partial charge >= 0.3 is 0 Å². The number of nitrogens with zero attached hydrogens (tertiary/aromatic N) is 3. The van der Waals surface area contributed by atoms with Crippen molar-refractivity contribution in [2.75, 3.05) is 18.4 Å². The number of nitrogens with one attached hydrogen (secondary N) is 2. The van der Waals surface area contributed by atoms with Crippen LogP contribution in [0.15, 0.2) is 24.3 Å². The molecule has 0 spiro atoms. The number of rotatable bonds is 3. The molecule has 1 aromatic carbocycles. The number of amides is 1. The van der Waals surface area contributed by atoms with E-state index >= 15 is 0 Å². The molecule has 0 aromatic heterocycles. The molecular weight excluding hydrogens is 326 g/mol. The van der Waals surface area contributed by atoms with E-state index in [0.29, 0.717) is 25.1 Å². The highest BCUT2D eigenvalue weighted by molar-refractivity contribution is 5.85. The second kappa shape index (κ2) is 8.01. The van der Waals surface area contributed by atoms with E-state index in [1.807, 2.05) is 12.1 Å². The zero-order chi connectivity index (χ0) is 16.2. The molecule has 24 heavy (non-hydrogen) atoms. The summed E-state index contributed by atoms with van der Waals surface area (Å²) in [6.45, 7) is 1.39. The molecule has 0 saturated carbocycles. The van der Waals surface area contributed by atoms with Gasteiger partial charge in [0, 0.05) is 24.8 Å². The molecule has 0 radical (unpaired) electrons. The summed E-state index contributed by atoms with van der Waals surface area (Å²) in [5.41, 5.74) is 1.57. The number of nitriles is 2. The van der Waals surface area contributed by atoms with Crippen molar-refractivity contribution in [1.82, 2.24) is 10.2 Å². The third kappa shape index (κ3) is 3.79. The van der Waals surface area contributed by atoms with Crippen LogP contribution in [0.2, 0.25) is 0 Å². The van der Waals surface area contributed by atoms with Gasteiger partial charge in [-0.15, -0.1) is 12.4 Å². The van der Waals surface area contributed by atoms with Crippen molar-refractivity contribution < 1.29 is 4.79 Å². The molecule has 2 saturated heterocycles. The minimum atomic E-state index is -0.269. The SMILES string of the molecule is Cl.N#Cc1ccc(N[C@@H]2CN[C@H](C(=O)N3CCCC3C#N)C2)cc1. The van der Waals surface area contributed by atoms with Gasteiger partial charge in [-0.05, 0) is 43.5 Å². The van der Waals surface area contributed by atoms with Crippen LogP contribution in [0, 0.1) is 22.7 Å². The Hall–Kier alpha value is -2.28. The molecule has 1 unspecified atom stereocenters. The topological polar surface area (TPSA) is 91.9 Å². The quantitative estimate of drug-likeness (QED) is 0.868. The zero-order valence-corrected chi connectivity index (χ0v) is 14.1. The van der Waals surface area contributed by atoms with Crippen LogP contribution >= 0.6 is 12.4 Å². The fourth-order valence-corrected chi connectivity index (χ4v) is 3.28. The minimum absolute atomic E-state index is 0. The molecule has 3 rings (SSSR count).